The first-order valence-corrected chi connectivity index (χ1v) is 9.25. The Bertz CT molecular complexity index is 566. The zero-order valence-electron chi connectivity index (χ0n) is 14.1. The number of carbonyl (C=O) groups is 1. The van der Waals surface area contributed by atoms with Crippen molar-refractivity contribution in [2.75, 3.05) is 44.2 Å². The van der Waals surface area contributed by atoms with Gasteiger partial charge in [-0.15, -0.1) is 0 Å². The van der Waals surface area contributed by atoms with Gasteiger partial charge in [-0.1, -0.05) is 30.5 Å². The molecule has 1 aromatic rings. The van der Waals surface area contributed by atoms with E-state index in [0.717, 1.165) is 63.4 Å². The number of piperazine rings is 1. The Balaban J connectivity index is 1.39. The van der Waals surface area contributed by atoms with Crippen molar-refractivity contribution in [1.29, 1.82) is 0 Å². The van der Waals surface area contributed by atoms with Crippen LogP contribution >= 0.6 is 11.6 Å². The highest BCUT2D eigenvalue weighted by molar-refractivity contribution is 6.30. The van der Waals surface area contributed by atoms with E-state index in [-0.39, 0.29) is 5.91 Å². The maximum Gasteiger partial charge on any atom is 0.240 e. The molecule has 5 nitrogen and oxygen atoms in total. The van der Waals surface area contributed by atoms with E-state index in [0.29, 0.717) is 6.54 Å². The summed E-state index contributed by atoms with van der Waals surface area (Å²) in [6.45, 7) is 5.51. The van der Waals surface area contributed by atoms with Crippen molar-refractivity contribution in [3.8, 4) is 0 Å². The van der Waals surface area contributed by atoms with E-state index >= 15 is 0 Å². The largest absolute Gasteiger partial charge is 0.369 e. The van der Waals surface area contributed by atoms with Crippen molar-refractivity contribution >= 4 is 23.2 Å². The monoisotopic (exact) mass is 350 g/mol. The van der Waals surface area contributed by atoms with Crippen molar-refractivity contribution in [1.82, 2.24) is 10.2 Å². The summed E-state index contributed by atoms with van der Waals surface area (Å²) in [6.07, 6.45) is 3.76. The Morgan fingerprint density at radius 3 is 2.58 bits per heavy atom. The Labute approximate surface area is 149 Å². The molecular formula is C18H27ClN4O. The van der Waals surface area contributed by atoms with Crippen LogP contribution in [0.1, 0.15) is 25.7 Å². The molecule has 1 aliphatic heterocycles. The number of hydrogen-bond donors (Lipinski definition) is 2. The Morgan fingerprint density at radius 2 is 1.92 bits per heavy atom. The van der Waals surface area contributed by atoms with E-state index in [1.165, 1.54) is 5.69 Å². The van der Waals surface area contributed by atoms with E-state index in [4.69, 9.17) is 17.3 Å². The summed E-state index contributed by atoms with van der Waals surface area (Å²) in [5, 5.41) is 3.80. The summed E-state index contributed by atoms with van der Waals surface area (Å²) in [4.78, 5) is 16.9. The second-order valence-corrected chi connectivity index (χ2v) is 7.36. The molecule has 0 aromatic heterocycles. The highest BCUT2D eigenvalue weighted by Gasteiger charge is 2.36. The lowest BCUT2D eigenvalue weighted by Crippen LogP contribution is -2.54. The first kappa shape index (κ1) is 17.5. The summed E-state index contributed by atoms with van der Waals surface area (Å²) in [7, 11) is 0. The van der Waals surface area contributed by atoms with Crippen LogP contribution in [0.25, 0.3) is 0 Å². The minimum Gasteiger partial charge on any atom is -0.369 e. The summed E-state index contributed by atoms with van der Waals surface area (Å²) in [6, 6.07) is 8.01. The molecule has 3 rings (SSSR count). The van der Waals surface area contributed by atoms with Crippen LogP contribution in [0.3, 0.4) is 0 Å². The number of nitrogens with one attached hydrogen (secondary N) is 1. The zero-order valence-corrected chi connectivity index (χ0v) is 14.9. The molecule has 0 bridgehead atoms. The van der Waals surface area contributed by atoms with Crippen LogP contribution in [0.15, 0.2) is 24.3 Å². The number of anilines is 1. The minimum absolute atomic E-state index is 0.0255. The SMILES string of the molecule is NC1(C(=O)NCCN2CCN(c3cccc(Cl)c3)CC2)CCCC1. The summed E-state index contributed by atoms with van der Waals surface area (Å²) in [5.41, 5.74) is 6.74. The molecule has 1 aromatic carbocycles. The fourth-order valence-electron chi connectivity index (χ4n) is 3.64. The lowest BCUT2D eigenvalue weighted by molar-refractivity contribution is -0.126. The average Bonchev–Trinajstić information content (AvgIpc) is 3.03. The molecule has 1 amide bonds. The molecule has 1 saturated heterocycles. The Morgan fingerprint density at radius 1 is 1.21 bits per heavy atom. The van der Waals surface area contributed by atoms with E-state index in [9.17, 15) is 4.79 Å². The molecule has 1 aliphatic carbocycles. The maximum atomic E-state index is 12.2. The fraction of sp³-hybridized carbons (Fsp3) is 0.611. The Kier molecular flexibility index (Phi) is 5.64. The van der Waals surface area contributed by atoms with Crippen LogP contribution in [-0.2, 0) is 4.79 Å². The second-order valence-electron chi connectivity index (χ2n) is 6.93. The minimum atomic E-state index is -0.620. The summed E-state index contributed by atoms with van der Waals surface area (Å²) < 4.78 is 0. The van der Waals surface area contributed by atoms with Crippen molar-refractivity contribution in [2.24, 2.45) is 5.73 Å². The standard InChI is InChI=1S/C18H27ClN4O/c19-15-4-3-5-16(14-15)23-12-10-22(11-13-23)9-8-21-17(24)18(20)6-1-2-7-18/h3-5,14H,1-2,6-13,20H2,(H,21,24). The van der Waals surface area contributed by atoms with Gasteiger partial charge in [-0.05, 0) is 31.0 Å². The molecule has 1 heterocycles. The van der Waals surface area contributed by atoms with E-state index in [1.54, 1.807) is 0 Å². The molecule has 24 heavy (non-hydrogen) atoms. The third-order valence-electron chi connectivity index (χ3n) is 5.21. The first-order chi connectivity index (χ1) is 11.6. The number of amides is 1. The number of hydrogen-bond acceptors (Lipinski definition) is 4. The number of carbonyl (C=O) groups excluding carboxylic acids is 1. The number of nitrogens with zero attached hydrogens (tertiary/aromatic N) is 2. The number of halogens is 1. The molecule has 0 radical (unpaired) electrons. The van der Waals surface area contributed by atoms with E-state index < -0.39 is 5.54 Å². The summed E-state index contributed by atoms with van der Waals surface area (Å²) >= 11 is 6.07. The maximum absolute atomic E-state index is 12.2. The van der Waals surface area contributed by atoms with Crippen molar-refractivity contribution < 1.29 is 4.79 Å². The predicted octanol–water partition coefficient (Wildman–Crippen LogP) is 1.85. The van der Waals surface area contributed by atoms with Gasteiger partial charge in [0.2, 0.25) is 5.91 Å². The van der Waals surface area contributed by atoms with Crippen molar-refractivity contribution in [3.63, 3.8) is 0 Å². The lowest BCUT2D eigenvalue weighted by atomic mass is 9.98. The molecule has 0 spiro atoms. The molecule has 0 atom stereocenters. The normalized spacial score (nSPS) is 21.0. The highest BCUT2D eigenvalue weighted by atomic mass is 35.5. The number of rotatable bonds is 5. The number of nitrogens with two attached hydrogens (primary N) is 1. The van der Waals surface area contributed by atoms with Gasteiger partial charge in [0.1, 0.15) is 0 Å². The smallest absolute Gasteiger partial charge is 0.240 e. The molecule has 0 unspecified atom stereocenters. The van der Waals surface area contributed by atoms with Gasteiger partial charge in [0.15, 0.2) is 0 Å². The van der Waals surface area contributed by atoms with Gasteiger partial charge in [-0.3, -0.25) is 9.69 Å². The fourth-order valence-corrected chi connectivity index (χ4v) is 3.82. The van der Waals surface area contributed by atoms with Crippen LogP contribution in [0.4, 0.5) is 5.69 Å². The third-order valence-corrected chi connectivity index (χ3v) is 5.44. The van der Waals surface area contributed by atoms with Gasteiger partial charge < -0.3 is 16.0 Å². The van der Waals surface area contributed by atoms with Gasteiger partial charge in [-0.2, -0.15) is 0 Å². The second kappa shape index (κ2) is 7.72. The van der Waals surface area contributed by atoms with Crippen LogP contribution in [0.2, 0.25) is 5.02 Å². The van der Waals surface area contributed by atoms with Gasteiger partial charge in [0.25, 0.3) is 0 Å². The molecule has 2 aliphatic rings. The lowest BCUT2D eigenvalue weighted by Gasteiger charge is -2.36. The van der Waals surface area contributed by atoms with Gasteiger partial charge >= 0.3 is 0 Å². The molecule has 6 heteroatoms. The van der Waals surface area contributed by atoms with Crippen molar-refractivity contribution in [2.45, 2.75) is 31.2 Å². The third kappa shape index (κ3) is 4.21. The molecule has 132 valence electrons. The molecule has 3 N–H and O–H groups in total. The topological polar surface area (TPSA) is 61.6 Å². The van der Waals surface area contributed by atoms with Gasteiger partial charge in [-0.25, -0.2) is 0 Å². The molecular weight excluding hydrogens is 324 g/mol. The van der Waals surface area contributed by atoms with Crippen LogP contribution in [-0.4, -0.2) is 55.6 Å². The van der Waals surface area contributed by atoms with Gasteiger partial charge in [0.05, 0.1) is 5.54 Å². The van der Waals surface area contributed by atoms with Crippen LogP contribution < -0.4 is 16.0 Å². The number of benzene rings is 1. The molecule has 1 saturated carbocycles. The van der Waals surface area contributed by atoms with E-state index in [2.05, 4.69) is 21.2 Å². The zero-order chi connectivity index (χ0) is 17.0. The van der Waals surface area contributed by atoms with Crippen molar-refractivity contribution in [3.05, 3.63) is 29.3 Å². The van der Waals surface area contributed by atoms with Crippen LogP contribution in [0.5, 0.6) is 0 Å². The van der Waals surface area contributed by atoms with E-state index in [1.807, 2.05) is 18.2 Å². The highest BCUT2D eigenvalue weighted by Crippen LogP contribution is 2.27. The summed E-state index contributed by atoms with van der Waals surface area (Å²) in [5.74, 6) is 0.0255. The molecule has 2 fully saturated rings. The average molecular weight is 351 g/mol. The Hall–Kier alpha value is -1.30. The van der Waals surface area contributed by atoms with Gasteiger partial charge in [0, 0.05) is 50.0 Å². The quantitative estimate of drug-likeness (QED) is 0.850. The van der Waals surface area contributed by atoms with Crippen LogP contribution in [0, 0.1) is 0 Å². The first-order valence-electron chi connectivity index (χ1n) is 8.87. The predicted molar refractivity (Wildman–Crippen MR) is 98.5 cm³/mol.